The third-order valence-corrected chi connectivity index (χ3v) is 6.75. The molecule has 0 bridgehead atoms. The minimum atomic E-state index is -0.398. The van der Waals surface area contributed by atoms with Crippen LogP contribution in [0.4, 0.5) is 11.4 Å². The summed E-state index contributed by atoms with van der Waals surface area (Å²) in [6, 6.07) is 19.7. The smallest absolute Gasteiger partial charge is 0.265 e. The lowest BCUT2D eigenvalue weighted by Crippen LogP contribution is -2.39. The Kier molecular flexibility index (Phi) is 7.58. The van der Waals surface area contributed by atoms with Gasteiger partial charge in [0.15, 0.2) is 6.61 Å². The molecule has 3 aromatic rings. The molecule has 4 amide bonds. The van der Waals surface area contributed by atoms with Gasteiger partial charge in [-0.2, -0.15) is 0 Å². The highest BCUT2D eigenvalue weighted by atomic mass is 16.5. The van der Waals surface area contributed by atoms with E-state index in [1.165, 1.54) is 5.56 Å². The number of ether oxygens (including phenoxy) is 2. The van der Waals surface area contributed by atoms with Crippen molar-refractivity contribution < 1.29 is 28.7 Å². The normalized spacial score (nSPS) is 14.1. The summed E-state index contributed by atoms with van der Waals surface area (Å²) in [6.07, 6.45) is 1.52. The van der Waals surface area contributed by atoms with Gasteiger partial charge < -0.3 is 19.7 Å². The van der Waals surface area contributed by atoms with Gasteiger partial charge in [0.25, 0.3) is 17.7 Å². The van der Waals surface area contributed by atoms with Crippen LogP contribution in [0.3, 0.4) is 0 Å². The first-order chi connectivity index (χ1) is 18.9. The minimum Gasteiger partial charge on any atom is -0.494 e. The summed E-state index contributed by atoms with van der Waals surface area (Å²) in [7, 11) is 0. The van der Waals surface area contributed by atoms with Crippen LogP contribution in [0.2, 0.25) is 0 Å². The first-order valence-electron chi connectivity index (χ1n) is 13.0. The Balaban J connectivity index is 1.16. The lowest BCUT2D eigenvalue weighted by Gasteiger charge is -2.30. The summed E-state index contributed by atoms with van der Waals surface area (Å²) < 4.78 is 11.4. The minimum absolute atomic E-state index is 0.0297. The number of fused-ring (bicyclic) bond motifs is 2. The van der Waals surface area contributed by atoms with Crippen LogP contribution in [-0.4, -0.2) is 54.8 Å². The van der Waals surface area contributed by atoms with E-state index in [0.717, 1.165) is 17.1 Å². The van der Waals surface area contributed by atoms with E-state index >= 15 is 0 Å². The van der Waals surface area contributed by atoms with Crippen molar-refractivity contribution in [2.75, 3.05) is 36.5 Å². The molecule has 0 saturated carbocycles. The zero-order valence-electron chi connectivity index (χ0n) is 21.6. The maximum atomic E-state index is 12.7. The number of amides is 4. The molecule has 5 rings (SSSR count). The van der Waals surface area contributed by atoms with E-state index < -0.39 is 11.8 Å². The van der Waals surface area contributed by atoms with Crippen molar-refractivity contribution in [3.63, 3.8) is 0 Å². The highest BCUT2D eigenvalue weighted by Gasteiger charge is 2.35. The lowest BCUT2D eigenvalue weighted by molar-refractivity contribution is -0.121. The number of imide groups is 1. The molecule has 39 heavy (non-hydrogen) atoms. The number of benzene rings is 3. The second-order valence-corrected chi connectivity index (χ2v) is 9.32. The first-order valence-corrected chi connectivity index (χ1v) is 13.0. The zero-order valence-corrected chi connectivity index (χ0v) is 21.6. The first kappa shape index (κ1) is 26.0. The highest BCUT2D eigenvalue weighted by molar-refractivity contribution is 6.21. The van der Waals surface area contributed by atoms with Crippen molar-refractivity contribution >= 4 is 35.0 Å². The van der Waals surface area contributed by atoms with Gasteiger partial charge in [0.1, 0.15) is 11.5 Å². The van der Waals surface area contributed by atoms with Gasteiger partial charge in [-0.25, -0.2) is 0 Å². The molecule has 200 valence electrons. The van der Waals surface area contributed by atoms with E-state index in [2.05, 4.69) is 12.2 Å². The van der Waals surface area contributed by atoms with Crippen molar-refractivity contribution in [1.82, 2.24) is 4.90 Å². The molecule has 2 heterocycles. The van der Waals surface area contributed by atoms with Crippen LogP contribution < -0.4 is 19.7 Å². The molecule has 2 aliphatic heterocycles. The summed E-state index contributed by atoms with van der Waals surface area (Å²) in [5.74, 6) is 0.00480. The van der Waals surface area contributed by atoms with Crippen LogP contribution >= 0.6 is 0 Å². The number of hydrogen-bond acceptors (Lipinski definition) is 6. The third-order valence-electron chi connectivity index (χ3n) is 6.75. The van der Waals surface area contributed by atoms with Gasteiger partial charge in [0.05, 0.1) is 23.4 Å². The summed E-state index contributed by atoms with van der Waals surface area (Å²) >= 11 is 0. The Labute approximate surface area is 226 Å². The topological polar surface area (TPSA) is 105 Å². The van der Waals surface area contributed by atoms with Crippen molar-refractivity contribution in [2.45, 2.75) is 26.2 Å². The Hall–Kier alpha value is -4.66. The van der Waals surface area contributed by atoms with E-state index in [1.54, 1.807) is 47.4 Å². The number of carbonyl (C=O) groups excluding carboxylic acids is 4. The van der Waals surface area contributed by atoms with Crippen molar-refractivity contribution in [3.05, 3.63) is 83.4 Å². The van der Waals surface area contributed by atoms with Gasteiger partial charge in [0.2, 0.25) is 5.91 Å². The number of carbonyl (C=O) groups is 4. The fourth-order valence-corrected chi connectivity index (χ4v) is 4.64. The van der Waals surface area contributed by atoms with Crippen LogP contribution in [0.15, 0.2) is 66.7 Å². The van der Waals surface area contributed by atoms with Crippen LogP contribution in [0.5, 0.6) is 11.5 Å². The molecule has 0 radical (unpaired) electrons. The Morgan fingerprint density at radius 1 is 0.923 bits per heavy atom. The predicted molar refractivity (Wildman–Crippen MR) is 145 cm³/mol. The van der Waals surface area contributed by atoms with Gasteiger partial charge >= 0.3 is 0 Å². The molecular formula is C30H29N3O6. The Morgan fingerprint density at radius 3 is 2.33 bits per heavy atom. The molecule has 2 aliphatic rings. The van der Waals surface area contributed by atoms with Gasteiger partial charge in [-0.1, -0.05) is 31.2 Å². The van der Waals surface area contributed by atoms with Crippen LogP contribution in [0.1, 0.15) is 46.0 Å². The molecule has 0 aromatic heterocycles. The molecule has 3 aromatic carbocycles. The van der Waals surface area contributed by atoms with Crippen LogP contribution in [0, 0.1) is 0 Å². The largest absolute Gasteiger partial charge is 0.494 e. The Morgan fingerprint density at radius 2 is 1.64 bits per heavy atom. The van der Waals surface area contributed by atoms with Crippen LogP contribution in [-0.2, 0) is 16.0 Å². The molecular weight excluding hydrogens is 498 g/mol. The van der Waals surface area contributed by atoms with Crippen molar-refractivity contribution in [3.8, 4) is 11.5 Å². The average molecular weight is 528 g/mol. The third kappa shape index (κ3) is 5.62. The zero-order chi connectivity index (χ0) is 27.4. The maximum absolute atomic E-state index is 12.7. The number of anilines is 2. The second kappa shape index (κ2) is 11.4. The fourth-order valence-electron chi connectivity index (χ4n) is 4.64. The average Bonchev–Trinajstić information content (AvgIpc) is 3.20. The standard InChI is InChI=1S/C30H29N3O6/c1-2-20-8-11-22(12-9-20)38-17-5-15-32-25-18-21(10-13-26(25)39-19-28(32)35)31-27(34)14-16-33-29(36)23-6-3-4-7-24(23)30(33)37/h3-4,6-13,18H,2,5,14-17,19H2,1H3,(H,31,34). The van der Waals surface area contributed by atoms with Crippen molar-refractivity contribution in [2.24, 2.45) is 0 Å². The molecule has 0 saturated heterocycles. The van der Waals surface area contributed by atoms with Crippen LogP contribution in [0.25, 0.3) is 0 Å². The number of hydrogen-bond donors (Lipinski definition) is 1. The van der Waals surface area contributed by atoms with Gasteiger partial charge in [-0.15, -0.1) is 0 Å². The molecule has 9 nitrogen and oxygen atoms in total. The fraction of sp³-hybridized carbons (Fsp3) is 0.267. The van der Waals surface area contributed by atoms with E-state index in [-0.39, 0.29) is 31.4 Å². The summed E-state index contributed by atoms with van der Waals surface area (Å²) in [4.78, 5) is 53.1. The van der Waals surface area contributed by atoms with Gasteiger partial charge in [-0.05, 0) is 60.9 Å². The molecule has 0 fully saturated rings. The molecule has 9 heteroatoms. The summed E-state index contributed by atoms with van der Waals surface area (Å²) in [5, 5.41) is 2.79. The number of aryl methyl sites for hydroxylation is 1. The molecule has 0 spiro atoms. The number of rotatable bonds is 10. The second-order valence-electron chi connectivity index (χ2n) is 9.32. The van der Waals surface area contributed by atoms with Gasteiger partial charge in [0, 0.05) is 25.2 Å². The molecule has 1 N–H and O–H groups in total. The number of nitrogens with zero attached hydrogens (tertiary/aromatic N) is 2. The summed E-state index contributed by atoms with van der Waals surface area (Å²) in [5.41, 5.74) is 2.99. The molecule has 0 atom stereocenters. The highest BCUT2D eigenvalue weighted by Crippen LogP contribution is 2.35. The monoisotopic (exact) mass is 527 g/mol. The lowest BCUT2D eigenvalue weighted by atomic mass is 10.1. The van der Waals surface area contributed by atoms with E-state index in [9.17, 15) is 19.2 Å². The number of nitrogens with one attached hydrogen (secondary N) is 1. The maximum Gasteiger partial charge on any atom is 0.265 e. The SMILES string of the molecule is CCc1ccc(OCCCN2C(=O)COc3ccc(NC(=O)CCN4C(=O)c5ccccc5C4=O)cc32)cc1. The van der Waals surface area contributed by atoms with Crippen molar-refractivity contribution in [1.29, 1.82) is 0 Å². The van der Waals surface area contributed by atoms with E-state index in [4.69, 9.17) is 9.47 Å². The van der Waals surface area contributed by atoms with Gasteiger partial charge in [-0.3, -0.25) is 24.1 Å². The van der Waals surface area contributed by atoms with E-state index in [0.29, 0.717) is 47.8 Å². The van der Waals surface area contributed by atoms with E-state index in [1.807, 2.05) is 24.3 Å². The molecule has 0 aliphatic carbocycles. The summed E-state index contributed by atoms with van der Waals surface area (Å²) in [6.45, 7) is 2.89. The quantitative estimate of drug-likeness (QED) is 0.315. The Bertz CT molecular complexity index is 1380. The predicted octanol–water partition coefficient (Wildman–Crippen LogP) is 4.07. The molecule has 0 unspecified atom stereocenters.